The Morgan fingerprint density at radius 3 is 2.46 bits per heavy atom. The van der Waals surface area contributed by atoms with Crippen LogP contribution in [0.15, 0.2) is 42.5 Å². The lowest BCUT2D eigenvalue weighted by Crippen LogP contribution is -2.11. The van der Waals surface area contributed by atoms with E-state index in [9.17, 15) is 14.9 Å². The summed E-state index contributed by atoms with van der Waals surface area (Å²) in [6, 6.07) is 8.97. The molecule has 0 aliphatic carbocycles. The van der Waals surface area contributed by atoms with E-state index in [2.05, 4.69) is 0 Å². The number of rotatable bonds is 6. The van der Waals surface area contributed by atoms with Crippen LogP contribution in [0.5, 0.6) is 17.2 Å². The van der Waals surface area contributed by atoms with Gasteiger partial charge >= 0.3 is 5.69 Å². The molecule has 0 unspecified atom stereocenters. The molecule has 7 nitrogen and oxygen atoms in total. The SMILES string of the molecule is CC=Cc1ccc(Oc2ccc(C(N)=O)cc2[N+](=O)[O-])c(OC)c1. The number of hydrogen-bond donors (Lipinski definition) is 1. The molecule has 0 atom stereocenters. The molecular formula is C17H16N2O5. The summed E-state index contributed by atoms with van der Waals surface area (Å²) in [5, 5.41) is 11.2. The lowest BCUT2D eigenvalue weighted by Gasteiger charge is -2.11. The third kappa shape index (κ3) is 3.70. The first-order valence-corrected chi connectivity index (χ1v) is 7.03. The monoisotopic (exact) mass is 328 g/mol. The van der Waals surface area contributed by atoms with Crippen molar-refractivity contribution in [2.45, 2.75) is 6.92 Å². The molecule has 24 heavy (non-hydrogen) atoms. The van der Waals surface area contributed by atoms with Crippen molar-refractivity contribution in [1.82, 2.24) is 0 Å². The number of carbonyl (C=O) groups excluding carboxylic acids is 1. The smallest absolute Gasteiger partial charge is 0.312 e. The lowest BCUT2D eigenvalue weighted by atomic mass is 10.1. The second-order valence-electron chi connectivity index (χ2n) is 4.82. The van der Waals surface area contributed by atoms with Gasteiger partial charge in [0.25, 0.3) is 0 Å². The molecule has 0 radical (unpaired) electrons. The first-order chi connectivity index (χ1) is 11.5. The van der Waals surface area contributed by atoms with Crippen LogP contribution in [0, 0.1) is 10.1 Å². The number of allylic oxidation sites excluding steroid dienone is 1. The molecule has 0 bridgehead atoms. The van der Waals surface area contributed by atoms with Crippen molar-refractivity contribution >= 4 is 17.7 Å². The molecule has 0 spiro atoms. The molecule has 0 heterocycles. The van der Waals surface area contributed by atoms with E-state index in [1.807, 2.05) is 19.1 Å². The van der Waals surface area contributed by atoms with Gasteiger partial charge in [-0.1, -0.05) is 18.2 Å². The minimum Gasteiger partial charge on any atom is -0.493 e. The maximum atomic E-state index is 11.2. The van der Waals surface area contributed by atoms with E-state index in [1.54, 1.807) is 18.2 Å². The van der Waals surface area contributed by atoms with Gasteiger partial charge in [0.15, 0.2) is 11.5 Å². The van der Waals surface area contributed by atoms with Gasteiger partial charge in [-0.3, -0.25) is 14.9 Å². The van der Waals surface area contributed by atoms with Gasteiger partial charge in [-0.25, -0.2) is 0 Å². The van der Waals surface area contributed by atoms with Crippen molar-refractivity contribution in [2.24, 2.45) is 5.73 Å². The molecule has 2 rings (SSSR count). The molecule has 2 aromatic rings. The predicted molar refractivity (Wildman–Crippen MR) is 89.4 cm³/mol. The number of amides is 1. The second kappa shape index (κ2) is 7.28. The third-order valence-electron chi connectivity index (χ3n) is 3.21. The summed E-state index contributed by atoms with van der Waals surface area (Å²) in [6.07, 6.45) is 3.76. The summed E-state index contributed by atoms with van der Waals surface area (Å²) < 4.78 is 10.9. The highest BCUT2D eigenvalue weighted by Crippen LogP contribution is 2.37. The Labute approximate surface area is 138 Å². The predicted octanol–water partition coefficient (Wildman–Crippen LogP) is 3.53. The van der Waals surface area contributed by atoms with Crippen molar-refractivity contribution < 1.29 is 19.2 Å². The van der Waals surface area contributed by atoms with Crippen LogP contribution in [0.3, 0.4) is 0 Å². The molecule has 7 heteroatoms. The highest BCUT2D eigenvalue weighted by atomic mass is 16.6. The van der Waals surface area contributed by atoms with Crippen LogP contribution >= 0.6 is 0 Å². The molecule has 0 aliphatic heterocycles. The van der Waals surface area contributed by atoms with E-state index in [-0.39, 0.29) is 17.0 Å². The molecule has 124 valence electrons. The standard InChI is InChI=1S/C17H16N2O5/c1-3-4-11-5-7-15(16(9-11)23-2)24-14-8-6-12(17(18)20)10-13(14)19(21)22/h3-10H,1-2H3,(H2,18,20). The van der Waals surface area contributed by atoms with Crippen molar-refractivity contribution in [2.75, 3.05) is 7.11 Å². The first-order valence-electron chi connectivity index (χ1n) is 7.03. The summed E-state index contributed by atoms with van der Waals surface area (Å²) in [7, 11) is 1.48. The normalized spacial score (nSPS) is 10.6. The maximum Gasteiger partial charge on any atom is 0.312 e. The molecule has 0 aliphatic rings. The number of carbonyl (C=O) groups is 1. The average Bonchev–Trinajstić information content (AvgIpc) is 2.56. The highest BCUT2D eigenvalue weighted by Gasteiger charge is 2.19. The number of methoxy groups -OCH3 is 1. The van der Waals surface area contributed by atoms with Crippen LogP contribution in [0.4, 0.5) is 5.69 Å². The summed E-state index contributed by atoms with van der Waals surface area (Å²) in [5.74, 6) is -0.0143. The number of nitrogens with two attached hydrogens (primary N) is 1. The molecule has 0 saturated heterocycles. The minimum absolute atomic E-state index is 0.0120. The molecule has 0 aromatic heterocycles. The summed E-state index contributed by atoms with van der Waals surface area (Å²) in [4.78, 5) is 21.8. The fraction of sp³-hybridized carbons (Fsp3) is 0.118. The van der Waals surface area contributed by atoms with Gasteiger partial charge in [-0.05, 0) is 36.8 Å². The Hall–Kier alpha value is -3.35. The van der Waals surface area contributed by atoms with Crippen molar-refractivity contribution in [3.63, 3.8) is 0 Å². The highest BCUT2D eigenvalue weighted by molar-refractivity contribution is 5.93. The average molecular weight is 328 g/mol. The van der Waals surface area contributed by atoms with Gasteiger partial charge in [-0.15, -0.1) is 0 Å². The van der Waals surface area contributed by atoms with Gasteiger partial charge in [-0.2, -0.15) is 0 Å². The minimum atomic E-state index is -0.752. The molecule has 0 fully saturated rings. The van der Waals surface area contributed by atoms with Gasteiger partial charge in [0.2, 0.25) is 11.7 Å². The first kappa shape index (κ1) is 17.0. The number of nitro benzene ring substituents is 1. The molecule has 0 saturated carbocycles. The second-order valence-corrected chi connectivity index (χ2v) is 4.82. The summed E-state index contributed by atoms with van der Waals surface area (Å²) in [5.41, 5.74) is 5.73. The fourth-order valence-electron chi connectivity index (χ4n) is 2.08. The van der Waals surface area contributed by atoms with Crippen LogP contribution in [0.1, 0.15) is 22.8 Å². The van der Waals surface area contributed by atoms with Crippen LogP contribution < -0.4 is 15.2 Å². The Bertz CT molecular complexity index is 815. The Morgan fingerprint density at radius 2 is 1.88 bits per heavy atom. The van der Waals surface area contributed by atoms with Crippen LogP contribution in [-0.4, -0.2) is 17.9 Å². The van der Waals surface area contributed by atoms with Gasteiger partial charge in [0.05, 0.1) is 12.0 Å². The zero-order valence-electron chi connectivity index (χ0n) is 13.2. The van der Waals surface area contributed by atoms with E-state index in [4.69, 9.17) is 15.2 Å². The number of primary amides is 1. The fourth-order valence-corrected chi connectivity index (χ4v) is 2.08. The molecule has 2 aromatic carbocycles. The number of nitro groups is 1. The number of benzene rings is 2. The van der Waals surface area contributed by atoms with E-state index in [0.717, 1.165) is 11.6 Å². The molecule has 2 N–H and O–H groups in total. The molecule has 1 amide bonds. The van der Waals surface area contributed by atoms with Crippen molar-refractivity contribution in [3.05, 3.63) is 63.7 Å². The molecular weight excluding hydrogens is 312 g/mol. The van der Waals surface area contributed by atoms with E-state index < -0.39 is 10.8 Å². The summed E-state index contributed by atoms with van der Waals surface area (Å²) >= 11 is 0. The van der Waals surface area contributed by atoms with E-state index >= 15 is 0 Å². The van der Waals surface area contributed by atoms with Crippen molar-refractivity contribution in [3.8, 4) is 17.2 Å². The number of nitrogens with zero attached hydrogens (tertiary/aromatic N) is 1. The largest absolute Gasteiger partial charge is 0.493 e. The number of ether oxygens (including phenoxy) is 2. The van der Waals surface area contributed by atoms with E-state index in [0.29, 0.717) is 11.5 Å². The van der Waals surface area contributed by atoms with Crippen LogP contribution in [0.2, 0.25) is 0 Å². The lowest BCUT2D eigenvalue weighted by molar-refractivity contribution is -0.385. The Kier molecular flexibility index (Phi) is 5.16. The van der Waals surface area contributed by atoms with Crippen molar-refractivity contribution in [1.29, 1.82) is 0 Å². The van der Waals surface area contributed by atoms with Crippen LogP contribution in [-0.2, 0) is 0 Å². The number of hydrogen-bond acceptors (Lipinski definition) is 5. The Morgan fingerprint density at radius 1 is 1.17 bits per heavy atom. The topological polar surface area (TPSA) is 105 Å². The van der Waals surface area contributed by atoms with Gasteiger partial charge < -0.3 is 15.2 Å². The van der Waals surface area contributed by atoms with Gasteiger partial charge in [0.1, 0.15) is 0 Å². The maximum absolute atomic E-state index is 11.2. The van der Waals surface area contributed by atoms with E-state index in [1.165, 1.54) is 19.2 Å². The Balaban J connectivity index is 2.44. The zero-order chi connectivity index (χ0) is 17.7. The quantitative estimate of drug-likeness (QED) is 0.645. The third-order valence-corrected chi connectivity index (χ3v) is 3.21. The van der Waals surface area contributed by atoms with Gasteiger partial charge in [0, 0.05) is 11.6 Å². The van der Waals surface area contributed by atoms with Crippen LogP contribution in [0.25, 0.3) is 6.08 Å². The summed E-state index contributed by atoms with van der Waals surface area (Å²) in [6.45, 7) is 1.89. The zero-order valence-corrected chi connectivity index (χ0v) is 13.2.